The van der Waals surface area contributed by atoms with Crippen molar-refractivity contribution < 1.29 is 19.5 Å². The van der Waals surface area contributed by atoms with E-state index in [4.69, 9.17) is 21.8 Å². The Balaban J connectivity index is 1.50. The molecule has 2 aliphatic rings. The maximum atomic E-state index is 13.5. The van der Waals surface area contributed by atoms with E-state index in [1.54, 1.807) is 18.2 Å². The van der Waals surface area contributed by atoms with E-state index >= 15 is 0 Å². The number of hydroxylamine groups is 2. The topological polar surface area (TPSA) is 84.2 Å². The van der Waals surface area contributed by atoms with Crippen molar-refractivity contribution in [3.05, 3.63) is 91.4 Å². The van der Waals surface area contributed by atoms with Crippen molar-refractivity contribution in [3.63, 3.8) is 0 Å². The van der Waals surface area contributed by atoms with Crippen LogP contribution in [0.5, 0.6) is 0 Å². The van der Waals surface area contributed by atoms with Crippen LogP contribution in [0.3, 0.4) is 0 Å². The van der Waals surface area contributed by atoms with Crippen LogP contribution in [0.25, 0.3) is 22.3 Å². The number of thioether (sulfide) groups is 1. The van der Waals surface area contributed by atoms with Gasteiger partial charge in [-0.05, 0) is 37.6 Å². The number of carbonyl (C=O) groups is 1. The fourth-order valence-electron chi connectivity index (χ4n) is 6.22. The number of thiocarbonyl (C=S) groups is 1. The summed E-state index contributed by atoms with van der Waals surface area (Å²) < 4.78 is 8.91. The van der Waals surface area contributed by atoms with Crippen LogP contribution in [-0.4, -0.2) is 51.8 Å². The van der Waals surface area contributed by atoms with Crippen molar-refractivity contribution in [2.75, 3.05) is 31.7 Å². The van der Waals surface area contributed by atoms with E-state index < -0.39 is 12.5 Å². The van der Waals surface area contributed by atoms with Crippen molar-refractivity contribution in [3.8, 4) is 0 Å². The Bertz CT molecular complexity index is 1890. The average Bonchev–Trinajstić information content (AvgIpc) is 3.35. The van der Waals surface area contributed by atoms with Gasteiger partial charge in [0, 0.05) is 35.5 Å². The first-order valence-corrected chi connectivity index (χ1v) is 19.1. The highest BCUT2D eigenvalue weighted by atomic mass is 32.2. The third-order valence-electron chi connectivity index (χ3n) is 8.61. The lowest BCUT2D eigenvalue weighted by atomic mass is 10.00. The zero-order valence-corrected chi connectivity index (χ0v) is 30.9. The third kappa shape index (κ3) is 8.75. The SMILES string of the molecule is CCCCCCCCCCN1c2ccccc2C(/C=C/C=c2/s/c(=C3\CON(CC)C(=S)S3)n(CC(=O)O)c2=O)=C(OC)c2ccccc21. The van der Waals surface area contributed by atoms with Crippen molar-refractivity contribution in [1.29, 1.82) is 0 Å². The molecule has 2 aromatic carbocycles. The maximum Gasteiger partial charge on any atom is 0.323 e. The number of hydrogen-bond donors (Lipinski definition) is 1. The summed E-state index contributed by atoms with van der Waals surface area (Å²) in [6.07, 6.45) is 15.6. The predicted molar refractivity (Wildman–Crippen MR) is 207 cm³/mol. The van der Waals surface area contributed by atoms with Gasteiger partial charge in [0.2, 0.25) is 0 Å². The van der Waals surface area contributed by atoms with Gasteiger partial charge < -0.3 is 14.7 Å². The van der Waals surface area contributed by atoms with Gasteiger partial charge in [-0.15, -0.1) is 11.3 Å². The molecule has 3 heterocycles. The highest BCUT2D eigenvalue weighted by Gasteiger charge is 2.26. The van der Waals surface area contributed by atoms with E-state index in [0.717, 1.165) is 51.7 Å². The lowest BCUT2D eigenvalue weighted by Gasteiger charge is -2.27. The Morgan fingerprint density at radius 1 is 0.980 bits per heavy atom. The smallest absolute Gasteiger partial charge is 0.323 e. The highest BCUT2D eigenvalue weighted by molar-refractivity contribution is 8.28. The Morgan fingerprint density at radius 3 is 2.29 bits per heavy atom. The Kier molecular flexibility index (Phi) is 13.3. The van der Waals surface area contributed by atoms with E-state index in [9.17, 15) is 14.7 Å². The molecule has 0 radical (unpaired) electrons. The molecule has 11 heteroatoms. The number of allylic oxidation sites excluding steroid dienone is 3. The molecule has 1 fully saturated rings. The summed E-state index contributed by atoms with van der Waals surface area (Å²) in [6, 6.07) is 16.7. The summed E-state index contributed by atoms with van der Waals surface area (Å²) in [5.41, 5.74) is 4.78. The first kappa shape index (κ1) is 36.6. The molecular weight excluding hydrogens is 675 g/mol. The van der Waals surface area contributed by atoms with Crippen LogP contribution < -0.4 is 19.7 Å². The summed E-state index contributed by atoms with van der Waals surface area (Å²) in [5, 5.41) is 11.2. The zero-order chi connectivity index (χ0) is 34.8. The fraction of sp³-hybridized carbons (Fsp3) is 0.395. The number of thiazole rings is 1. The van der Waals surface area contributed by atoms with Gasteiger partial charge in [-0.25, -0.2) is 5.06 Å². The quantitative estimate of drug-likeness (QED) is 0.127. The first-order chi connectivity index (χ1) is 23.9. The van der Waals surface area contributed by atoms with Gasteiger partial charge in [0.1, 0.15) is 23.6 Å². The minimum Gasteiger partial charge on any atom is -0.495 e. The molecule has 0 bridgehead atoms. The molecular formula is C38H45N3O5S3. The van der Waals surface area contributed by atoms with Gasteiger partial charge >= 0.3 is 5.97 Å². The van der Waals surface area contributed by atoms with Gasteiger partial charge in [-0.2, -0.15) is 0 Å². The molecule has 260 valence electrons. The zero-order valence-electron chi connectivity index (χ0n) is 28.5. The number of fused-ring (bicyclic) bond motifs is 2. The van der Waals surface area contributed by atoms with Crippen LogP contribution >= 0.6 is 35.3 Å². The molecule has 0 aliphatic carbocycles. The first-order valence-electron chi connectivity index (χ1n) is 17.1. The van der Waals surface area contributed by atoms with E-state index in [-0.39, 0.29) is 12.2 Å². The Hall–Kier alpha value is -3.64. The lowest BCUT2D eigenvalue weighted by molar-refractivity contribution is -0.137. The number of carboxylic acid groups (broad SMARTS) is 1. The summed E-state index contributed by atoms with van der Waals surface area (Å²) in [6.45, 7) is 5.44. The fourth-order valence-corrected chi connectivity index (χ4v) is 8.74. The van der Waals surface area contributed by atoms with E-state index in [2.05, 4.69) is 48.2 Å². The monoisotopic (exact) mass is 719 g/mol. The summed E-state index contributed by atoms with van der Waals surface area (Å²) in [7, 11) is 1.70. The van der Waals surface area contributed by atoms with Gasteiger partial charge in [0.15, 0.2) is 4.32 Å². The van der Waals surface area contributed by atoms with Crippen LogP contribution in [0.2, 0.25) is 0 Å². The van der Waals surface area contributed by atoms with Gasteiger partial charge in [-0.3, -0.25) is 19.0 Å². The van der Waals surface area contributed by atoms with Crippen LogP contribution in [0.1, 0.15) is 76.3 Å². The van der Waals surface area contributed by atoms with Gasteiger partial charge in [0.05, 0.1) is 22.2 Å². The summed E-state index contributed by atoms with van der Waals surface area (Å²) in [5.74, 6) is -0.343. The number of aliphatic carboxylic acids is 1. The number of nitrogens with zero attached hydrogens (tertiary/aromatic N) is 3. The molecule has 0 atom stereocenters. The molecule has 5 rings (SSSR count). The number of aromatic nitrogens is 1. The number of hydrogen-bond acceptors (Lipinski definition) is 8. The van der Waals surface area contributed by atoms with Crippen LogP contribution in [0, 0.1) is 0 Å². The number of rotatable bonds is 15. The molecule has 3 aromatic rings. The number of benzene rings is 2. The normalized spacial score (nSPS) is 16.3. The van der Waals surface area contributed by atoms with E-state index in [1.165, 1.54) is 72.6 Å². The van der Waals surface area contributed by atoms with Crippen molar-refractivity contribution in [2.45, 2.75) is 71.8 Å². The standard InChI is InChI=1S/C38H45N3O5S3/c1-4-6-7-8-9-10-11-16-24-39-30-21-14-12-18-27(30)28(35(45-3)29-19-13-15-22-31(29)39)20-17-23-32-36(44)40(25-34(42)43)37(48-32)33-26-46-41(5-2)38(47)49-33/h12-15,17-23H,4-11,16,24-26H2,1-3H3,(H,42,43)/b20-17+,32-23+,37-33+. The van der Waals surface area contributed by atoms with Crippen LogP contribution in [0.15, 0.2) is 65.5 Å². The molecule has 1 N–H and O–H groups in total. The minimum absolute atomic E-state index is 0.212. The van der Waals surface area contributed by atoms with E-state index in [1.807, 2.05) is 31.2 Å². The Morgan fingerprint density at radius 2 is 1.63 bits per heavy atom. The van der Waals surface area contributed by atoms with Gasteiger partial charge in [0.25, 0.3) is 5.56 Å². The molecule has 1 saturated heterocycles. The number of para-hydroxylation sites is 2. The number of anilines is 2. The van der Waals surface area contributed by atoms with Crippen LogP contribution in [-0.2, 0) is 20.9 Å². The molecule has 49 heavy (non-hydrogen) atoms. The second-order valence-electron chi connectivity index (χ2n) is 11.9. The molecule has 0 spiro atoms. The molecule has 0 amide bonds. The van der Waals surface area contributed by atoms with Crippen LogP contribution in [0.4, 0.5) is 11.4 Å². The molecule has 0 saturated carbocycles. The number of unbranched alkanes of at least 4 members (excludes halogenated alkanes) is 7. The van der Waals surface area contributed by atoms with Crippen molar-refractivity contribution in [1.82, 2.24) is 9.63 Å². The highest BCUT2D eigenvalue weighted by Crippen LogP contribution is 2.44. The molecule has 8 nitrogen and oxygen atoms in total. The van der Waals surface area contributed by atoms with Crippen molar-refractivity contribution >= 4 is 79.3 Å². The number of methoxy groups -OCH3 is 1. The van der Waals surface area contributed by atoms with Gasteiger partial charge in [-0.1, -0.05) is 118 Å². The van der Waals surface area contributed by atoms with Crippen molar-refractivity contribution in [2.24, 2.45) is 0 Å². The number of carboxylic acids is 1. The predicted octanol–water partition coefficient (Wildman–Crippen LogP) is 7.53. The molecule has 2 aliphatic heterocycles. The second kappa shape index (κ2) is 17.8. The molecule has 1 aromatic heterocycles. The largest absolute Gasteiger partial charge is 0.495 e. The molecule has 0 unspecified atom stereocenters. The van der Waals surface area contributed by atoms with E-state index in [0.29, 0.717) is 20.1 Å². The third-order valence-corrected chi connectivity index (χ3v) is 11.3. The lowest BCUT2D eigenvalue weighted by Crippen LogP contribution is -2.37. The Labute approximate surface area is 302 Å². The average molecular weight is 720 g/mol. The minimum atomic E-state index is -1.09. The summed E-state index contributed by atoms with van der Waals surface area (Å²) in [4.78, 5) is 34.2. The maximum absolute atomic E-state index is 13.5. The number of ether oxygens (including phenoxy) is 1. The second-order valence-corrected chi connectivity index (χ2v) is 14.7. The summed E-state index contributed by atoms with van der Waals surface area (Å²) >= 11 is 8.05.